The second kappa shape index (κ2) is 8.95. The maximum absolute atomic E-state index is 13.3. The fourth-order valence-corrected chi connectivity index (χ4v) is 5.98. The van der Waals surface area contributed by atoms with Crippen molar-refractivity contribution in [3.8, 4) is 5.75 Å². The third kappa shape index (κ3) is 4.13. The van der Waals surface area contributed by atoms with Crippen molar-refractivity contribution < 1.29 is 32.3 Å². The lowest BCUT2D eigenvalue weighted by atomic mass is 9.84. The van der Waals surface area contributed by atoms with Crippen LogP contribution in [0.1, 0.15) is 12.0 Å². The van der Waals surface area contributed by atoms with Crippen LogP contribution in [0, 0.1) is 0 Å². The van der Waals surface area contributed by atoms with E-state index in [0.29, 0.717) is 24.5 Å². The summed E-state index contributed by atoms with van der Waals surface area (Å²) < 4.78 is 38.0. The Hall–Kier alpha value is -3.48. The zero-order valence-electron chi connectivity index (χ0n) is 18.7. The highest BCUT2D eigenvalue weighted by Gasteiger charge is 2.55. The Morgan fingerprint density at radius 1 is 1.06 bits per heavy atom. The Labute approximate surface area is 202 Å². The van der Waals surface area contributed by atoms with E-state index >= 15 is 0 Å². The van der Waals surface area contributed by atoms with Gasteiger partial charge in [0.05, 0.1) is 24.7 Å². The van der Waals surface area contributed by atoms with Crippen LogP contribution in [0.25, 0.3) is 0 Å². The zero-order chi connectivity index (χ0) is 24.6. The van der Waals surface area contributed by atoms with Crippen LogP contribution < -0.4 is 15.4 Å². The molecule has 2 saturated heterocycles. The van der Waals surface area contributed by atoms with Gasteiger partial charge in [-0.05, 0) is 24.3 Å². The quantitative estimate of drug-likeness (QED) is 0.582. The first-order valence-corrected chi connectivity index (χ1v) is 12.6. The molecule has 1 unspecified atom stereocenters. The van der Waals surface area contributed by atoms with Gasteiger partial charge in [0, 0.05) is 30.8 Å². The minimum atomic E-state index is -3.75. The molecule has 1 spiro atoms. The second-order valence-corrected chi connectivity index (χ2v) is 10.4. The topological polar surface area (TPSA) is 134 Å². The lowest BCUT2D eigenvalue weighted by Crippen LogP contribution is -2.48. The highest BCUT2D eigenvalue weighted by molar-refractivity contribution is 7.89. The van der Waals surface area contributed by atoms with Crippen LogP contribution in [0.4, 0.5) is 10.5 Å². The van der Waals surface area contributed by atoms with Gasteiger partial charge in [-0.25, -0.2) is 13.2 Å². The number of para-hydroxylation sites is 1. The Bertz CT molecular complexity index is 1290. The molecule has 0 saturated carbocycles. The first-order chi connectivity index (χ1) is 16.8. The highest BCUT2D eigenvalue weighted by Crippen LogP contribution is 2.40. The van der Waals surface area contributed by atoms with Crippen molar-refractivity contribution in [2.75, 3.05) is 44.8 Å². The molecule has 2 aromatic carbocycles. The van der Waals surface area contributed by atoms with E-state index in [9.17, 15) is 22.8 Å². The molecule has 3 aliphatic rings. The summed E-state index contributed by atoms with van der Waals surface area (Å²) in [6.45, 7) is 0.866. The summed E-state index contributed by atoms with van der Waals surface area (Å²) in [5.41, 5.74) is -0.491. The summed E-state index contributed by atoms with van der Waals surface area (Å²) in [7, 11) is -3.75. The summed E-state index contributed by atoms with van der Waals surface area (Å²) in [5, 5.41) is 5.33. The molecule has 3 heterocycles. The first-order valence-electron chi connectivity index (χ1n) is 11.2. The molecule has 2 N–H and O–H groups in total. The fraction of sp³-hybridized carbons (Fsp3) is 0.348. The molecule has 1 atom stereocenters. The van der Waals surface area contributed by atoms with Gasteiger partial charge in [-0.15, -0.1) is 0 Å². The summed E-state index contributed by atoms with van der Waals surface area (Å²) in [6, 6.07) is 12.2. The van der Waals surface area contributed by atoms with Crippen LogP contribution in [-0.4, -0.2) is 74.9 Å². The Morgan fingerprint density at radius 2 is 1.83 bits per heavy atom. The minimum Gasteiger partial charge on any atom is -0.493 e. The van der Waals surface area contributed by atoms with Gasteiger partial charge in [0.1, 0.15) is 12.3 Å². The summed E-state index contributed by atoms with van der Waals surface area (Å²) in [6.07, 6.45) is 0.244. The van der Waals surface area contributed by atoms with Crippen LogP contribution >= 0.6 is 0 Å². The average molecular weight is 501 g/mol. The largest absolute Gasteiger partial charge is 0.493 e. The van der Waals surface area contributed by atoms with E-state index < -0.39 is 40.0 Å². The number of ether oxygens (including phenoxy) is 2. The molecular formula is C23H24N4O7S. The number of amides is 4. The fourth-order valence-electron chi connectivity index (χ4n) is 4.53. The maximum atomic E-state index is 13.3. The van der Waals surface area contributed by atoms with E-state index in [2.05, 4.69) is 10.6 Å². The van der Waals surface area contributed by atoms with Crippen molar-refractivity contribution in [2.45, 2.75) is 16.9 Å². The van der Waals surface area contributed by atoms with Gasteiger partial charge in [-0.3, -0.25) is 14.5 Å². The van der Waals surface area contributed by atoms with E-state index in [-0.39, 0.29) is 36.7 Å². The smallest absolute Gasteiger partial charge is 0.325 e. The molecule has 35 heavy (non-hydrogen) atoms. The zero-order valence-corrected chi connectivity index (χ0v) is 19.5. The Kier molecular flexibility index (Phi) is 5.95. The molecule has 2 fully saturated rings. The number of imide groups is 1. The number of nitrogens with one attached hydrogen (secondary N) is 2. The van der Waals surface area contributed by atoms with Crippen molar-refractivity contribution in [1.29, 1.82) is 0 Å². The van der Waals surface area contributed by atoms with E-state index in [1.165, 1.54) is 22.5 Å². The van der Waals surface area contributed by atoms with Crippen molar-refractivity contribution in [3.63, 3.8) is 0 Å². The van der Waals surface area contributed by atoms with Gasteiger partial charge in [0.2, 0.25) is 15.9 Å². The van der Waals surface area contributed by atoms with E-state index in [0.717, 1.165) is 4.90 Å². The highest BCUT2D eigenvalue weighted by atomic mass is 32.2. The summed E-state index contributed by atoms with van der Waals surface area (Å²) in [5.74, 6) is -0.652. The van der Waals surface area contributed by atoms with Crippen molar-refractivity contribution in [2.24, 2.45) is 0 Å². The van der Waals surface area contributed by atoms with Gasteiger partial charge < -0.3 is 20.1 Å². The molecule has 0 aromatic heterocycles. The first kappa shape index (κ1) is 23.3. The van der Waals surface area contributed by atoms with Gasteiger partial charge in [-0.2, -0.15) is 4.31 Å². The average Bonchev–Trinajstić information content (AvgIpc) is 3.09. The second-order valence-electron chi connectivity index (χ2n) is 8.41. The minimum absolute atomic E-state index is 0.0324. The Morgan fingerprint density at radius 3 is 2.63 bits per heavy atom. The number of carbonyl (C=O) groups is 3. The van der Waals surface area contributed by atoms with Crippen molar-refractivity contribution >= 4 is 33.6 Å². The molecule has 2 aromatic rings. The number of morpholine rings is 1. The number of fused-ring (bicyclic) bond motifs is 2. The number of benzene rings is 2. The molecule has 12 heteroatoms. The maximum Gasteiger partial charge on any atom is 0.325 e. The number of sulfonamides is 1. The Balaban J connectivity index is 1.30. The van der Waals surface area contributed by atoms with Crippen LogP contribution in [0.2, 0.25) is 0 Å². The van der Waals surface area contributed by atoms with Gasteiger partial charge >= 0.3 is 6.03 Å². The molecule has 0 bridgehead atoms. The number of anilines is 1. The van der Waals surface area contributed by atoms with Crippen LogP contribution in [0.15, 0.2) is 53.4 Å². The number of nitrogens with zero attached hydrogens (tertiary/aromatic N) is 2. The molecule has 5 rings (SSSR count). The standard InChI is InChI=1S/C23H24N4O7S/c28-20(24-16-4-3-5-17(14-16)35(31,32)26-9-12-33-13-10-26)15-27-21(29)23(25-22(27)30)8-11-34-19-7-2-1-6-18(19)23/h1-7,14H,8-13,15H2,(H,24,28)(H,25,30). The summed E-state index contributed by atoms with van der Waals surface area (Å²) >= 11 is 0. The molecule has 3 aliphatic heterocycles. The number of rotatable bonds is 5. The molecule has 0 aliphatic carbocycles. The molecule has 184 valence electrons. The van der Waals surface area contributed by atoms with Gasteiger partial charge in [0.15, 0.2) is 5.54 Å². The van der Waals surface area contributed by atoms with Crippen LogP contribution in [-0.2, 0) is 29.9 Å². The number of carbonyl (C=O) groups excluding carboxylic acids is 3. The van der Waals surface area contributed by atoms with E-state index in [4.69, 9.17) is 9.47 Å². The predicted octanol–water partition coefficient (Wildman–Crippen LogP) is 0.876. The molecule has 4 amide bonds. The van der Waals surface area contributed by atoms with Gasteiger partial charge in [0.25, 0.3) is 5.91 Å². The molecule has 0 radical (unpaired) electrons. The van der Waals surface area contributed by atoms with E-state index in [1.807, 2.05) is 0 Å². The number of hydrogen-bond acceptors (Lipinski definition) is 7. The third-order valence-corrected chi connectivity index (χ3v) is 8.18. The third-order valence-electron chi connectivity index (χ3n) is 6.28. The molecule has 11 nitrogen and oxygen atoms in total. The lowest BCUT2D eigenvalue weighted by molar-refractivity contribution is -0.135. The van der Waals surface area contributed by atoms with Crippen LogP contribution in [0.5, 0.6) is 5.75 Å². The van der Waals surface area contributed by atoms with Crippen molar-refractivity contribution in [1.82, 2.24) is 14.5 Å². The lowest BCUT2D eigenvalue weighted by Gasteiger charge is -2.33. The van der Waals surface area contributed by atoms with E-state index in [1.54, 1.807) is 30.3 Å². The normalized spacial score (nSPS) is 22.5. The summed E-state index contributed by atoms with van der Waals surface area (Å²) in [4.78, 5) is 39.7. The van der Waals surface area contributed by atoms with Crippen LogP contribution in [0.3, 0.4) is 0 Å². The van der Waals surface area contributed by atoms with Gasteiger partial charge in [-0.1, -0.05) is 24.3 Å². The predicted molar refractivity (Wildman–Crippen MR) is 123 cm³/mol. The number of hydrogen-bond donors (Lipinski definition) is 2. The molecular weight excluding hydrogens is 476 g/mol. The monoisotopic (exact) mass is 500 g/mol. The SMILES string of the molecule is O=C(CN1C(=O)NC2(CCOc3ccccc32)C1=O)Nc1cccc(S(=O)(=O)N2CCOCC2)c1. The van der Waals surface area contributed by atoms with Crippen molar-refractivity contribution in [3.05, 3.63) is 54.1 Å². The number of urea groups is 1.